The summed E-state index contributed by atoms with van der Waals surface area (Å²) in [6, 6.07) is 7.93. The number of fused-ring (bicyclic) bond motifs is 1. The van der Waals surface area contributed by atoms with Gasteiger partial charge in [-0.25, -0.2) is 10.4 Å². The van der Waals surface area contributed by atoms with E-state index in [0.29, 0.717) is 19.4 Å². The molecule has 4 heterocycles. The van der Waals surface area contributed by atoms with Gasteiger partial charge < -0.3 is 20.6 Å². The molecule has 158 valence electrons. The second-order valence-electron chi connectivity index (χ2n) is 7.72. The number of ether oxygens (including phenoxy) is 1. The van der Waals surface area contributed by atoms with E-state index in [2.05, 4.69) is 33.3 Å². The van der Waals surface area contributed by atoms with E-state index in [9.17, 15) is 9.90 Å². The lowest BCUT2D eigenvalue weighted by molar-refractivity contribution is -0.138. The summed E-state index contributed by atoms with van der Waals surface area (Å²) >= 11 is 0. The zero-order valence-electron chi connectivity index (χ0n) is 16.8. The van der Waals surface area contributed by atoms with Crippen molar-refractivity contribution in [3.8, 4) is 0 Å². The van der Waals surface area contributed by atoms with Crippen molar-refractivity contribution >= 4 is 11.8 Å². The number of hydrazine groups is 1. The summed E-state index contributed by atoms with van der Waals surface area (Å²) in [5.41, 5.74) is 8.45. The number of aliphatic carboxylic acids is 1. The molecule has 8 heteroatoms. The Kier molecular flexibility index (Phi) is 6.25. The van der Waals surface area contributed by atoms with Crippen molar-refractivity contribution in [2.45, 2.75) is 43.7 Å². The fraction of sp³-hybridized carbons (Fsp3) is 0.409. The minimum absolute atomic E-state index is 0.00434. The number of nitrogens with one attached hydrogen (secondary N) is 3. The molecule has 2 aromatic heterocycles. The molecule has 0 radical (unpaired) electrons. The summed E-state index contributed by atoms with van der Waals surface area (Å²) in [5, 5.41) is 12.8. The van der Waals surface area contributed by atoms with Gasteiger partial charge in [0.1, 0.15) is 5.82 Å². The highest BCUT2D eigenvalue weighted by Crippen LogP contribution is 2.32. The zero-order valence-corrected chi connectivity index (χ0v) is 16.8. The number of anilines is 1. The Morgan fingerprint density at radius 3 is 3.03 bits per heavy atom. The van der Waals surface area contributed by atoms with Gasteiger partial charge in [0.05, 0.1) is 13.0 Å². The Bertz CT molecular complexity index is 905. The highest BCUT2D eigenvalue weighted by molar-refractivity contribution is 5.68. The number of carboxylic acids is 1. The van der Waals surface area contributed by atoms with Crippen LogP contribution in [-0.2, 0) is 22.4 Å². The molecule has 0 saturated heterocycles. The average Bonchev–Trinajstić information content (AvgIpc) is 3.22. The molecular weight excluding hydrogens is 382 g/mol. The number of carboxylic acid groups (broad SMARTS) is 1. The maximum Gasteiger partial charge on any atom is 0.303 e. The molecule has 0 amide bonds. The first kappa shape index (κ1) is 20.3. The van der Waals surface area contributed by atoms with Crippen molar-refractivity contribution in [1.82, 2.24) is 20.8 Å². The van der Waals surface area contributed by atoms with Crippen molar-refractivity contribution in [1.29, 1.82) is 0 Å². The van der Waals surface area contributed by atoms with E-state index < -0.39 is 11.7 Å². The molecule has 0 saturated carbocycles. The van der Waals surface area contributed by atoms with Gasteiger partial charge in [0.2, 0.25) is 0 Å². The number of nitrogens with zero attached hydrogens (tertiary/aromatic N) is 2. The molecule has 0 spiro atoms. The number of aryl methyl sites for hydroxylation is 1. The molecule has 2 unspecified atom stereocenters. The standard InChI is InChI=1S/C22H27N5O3/c28-20(29)13-18(17-4-1-9-23-15-17)14-22(8-11-25-27-22)30-12-7-19-6-5-16-3-2-10-24-21(16)26-19/h1,4-6,8-9,11,15,18,25,27H,2-3,7,10,12-14H2,(H,24,26)(H,28,29). The van der Waals surface area contributed by atoms with Crippen LogP contribution in [0.2, 0.25) is 0 Å². The highest BCUT2D eigenvalue weighted by Gasteiger charge is 2.35. The van der Waals surface area contributed by atoms with Crippen LogP contribution in [0.4, 0.5) is 5.82 Å². The Morgan fingerprint density at radius 2 is 2.27 bits per heavy atom. The summed E-state index contributed by atoms with van der Waals surface area (Å²) in [4.78, 5) is 20.3. The summed E-state index contributed by atoms with van der Waals surface area (Å²) in [6.45, 7) is 1.42. The van der Waals surface area contributed by atoms with Crippen LogP contribution in [-0.4, -0.2) is 39.9 Å². The Morgan fingerprint density at radius 1 is 1.33 bits per heavy atom. The monoisotopic (exact) mass is 409 g/mol. The lowest BCUT2D eigenvalue weighted by Gasteiger charge is -2.31. The second-order valence-corrected chi connectivity index (χ2v) is 7.72. The van der Waals surface area contributed by atoms with Crippen LogP contribution >= 0.6 is 0 Å². The van der Waals surface area contributed by atoms with Crippen molar-refractivity contribution in [2.75, 3.05) is 18.5 Å². The third kappa shape index (κ3) is 4.95. The van der Waals surface area contributed by atoms with Crippen LogP contribution in [0.1, 0.15) is 42.0 Å². The molecule has 4 N–H and O–H groups in total. The first-order chi connectivity index (χ1) is 14.6. The van der Waals surface area contributed by atoms with E-state index in [0.717, 1.165) is 36.5 Å². The smallest absolute Gasteiger partial charge is 0.303 e. The fourth-order valence-electron chi connectivity index (χ4n) is 3.99. The molecule has 2 aliphatic rings. The SMILES string of the molecule is O=C(O)CC(CC1(OCCc2ccc3c(n2)NCCC3)C=CNN1)c1cccnc1. The van der Waals surface area contributed by atoms with Gasteiger partial charge in [-0.05, 0) is 42.2 Å². The predicted octanol–water partition coefficient (Wildman–Crippen LogP) is 2.36. The lowest BCUT2D eigenvalue weighted by Crippen LogP contribution is -2.48. The minimum atomic E-state index is -0.848. The topological polar surface area (TPSA) is 108 Å². The molecule has 8 nitrogen and oxygen atoms in total. The Balaban J connectivity index is 1.42. The molecule has 2 aromatic rings. The minimum Gasteiger partial charge on any atom is -0.481 e. The molecule has 0 bridgehead atoms. The predicted molar refractivity (Wildman–Crippen MR) is 113 cm³/mol. The van der Waals surface area contributed by atoms with Gasteiger partial charge in [0, 0.05) is 49.6 Å². The van der Waals surface area contributed by atoms with Crippen molar-refractivity contribution in [3.63, 3.8) is 0 Å². The number of rotatable bonds is 9. The molecular formula is C22H27N5O3. The summed E-state index contributed by atoms with van der Waals surface area (Å²) in [7, 11) is 0. The van der Waals surface area contributed by atoms with Crippen LogP contribution < -0.4 is 16.2 Å². The number of hydrogen-bond donors (Lipinski definition) is 4. The summed E-state index contributed by atoms with van der Waals surface area (Å²) in [6.07, 6.45) is 10.4. The number of aromatic nitrogens is 2. The van der Waals surface area contributed by atoms with E-state index in [1.165, 1.54) is 5.56 Å². The van der Waals surface area contributed by atoms with E-state index in [1.54, 1.807) is 18.6 Å². The van der Waals surface area contributed by atoms with Crippen LogP contribution in [0.25, 0.3) is 0 Å². The van der Waals surface area contributed by atoms with Gasteiger partial charge in [0.25, 0.3) is 0 Å². The number of pyridine rings is 2. The maximum absolute atomic E-state index is 11.4. The first-order valence-electron chi connectivity index (χ1n) is 10.3. The number of carbonyl (C=O) groups is 1. The molecule has 2 atom stereocenters. The second kappa shape index (κ2) is 9.23. The Hall–Kier alpha value is -2.97. The average molecular weight is 409 g/mol. The van der Waals surface area contributed by atoms with E-state index in [-0.39, 0.29) is 12.3 Å². The zero-order chi connectivity index (χ0) is 20.8. The normalized spacial score (nSPS) is 20.8. The van der Waals surface area contributed by atoms with Gasteiger partial charge >= 0.3 is 5.97 Å². The maximum atomic E-state index is 11.4. The van der Waals surface area contributed by atoms with Crippen molar-refractivity contribution in [3.05, 3.63) is 65.8 Å². The molecule has 2 aliphatic heterocycles. The third-order valence-corrected chi connectivity index (χ3v) is 5.52. The van der Waals surface area contributed by atoms with Crippen LogP contribution in [0.15, 0.2) is 48.9 Å². The fourth-order valence-corrected chi connectivity index (χ4v) is 3.99. The van der Waals surface area contributed by atoms with Crippen molar-refractivity contribution < 1.29 is 14.6 Å². The van der Waals surface area contributed by atoms with Gasteiger partial charge in [-0.15, -0.1) is 0 Å². The lowest BCUT2D eigenvalue weighted by atomic mass is 9.88. The van der Waals surface area contributed by atoms with Crippen LogP contribution in [0.3, 0.4) is 0 Å². The van der Waals surface area contributed by atoms with Crippen LogP contribution in [0.5, 0.6) is 0 Å². The largest absolute Gasteiger partial charge is 0.481 e. The van der Waals surface area contributed by atoms with Gasteiger partial charge in [0.15, 0.2) is 5.72 Å². The van der Waals surface area contributed by atoms with Crippen molar-refractivity contribution in [2.24, 2.45) is 0 Å². The quantitative estimate of drug-likeness (QED) is 0.500. The summed E-state index contributed by atoms with van der Waals surface area (Å²) in [5.74, 6) is -0.105. The van der Waals surface area contributed by atoms with Crippen LogP contribution in [0, 0.1) is 0 Å². The molecule has 0 aliphatic carbocycles. The van der Waals surface area contributed by atoms with Gasteiger partial charge in [-0.2, -0.15) is 0 Å². The first-order valence-corrected chi connectivity index (χ1v) is 10.3. The Labute approximate surface area is 175 Å². The summed E-state index contributed by atoms with van der Waals surface area (Å²) < 4.78 is 6.24. The van der Waals surface area contributed by atoms with E-state index >= 15 is 0 Å². The van der Waals surface area contributed by atoms with E-state index in [1.807, 2.05) is 18.2 Å². The molecule has 4 rings (SSSR count). The third-order valence-electron chi connectivity index (χ3n) is 5.52. The van der Waals surface area contributed by atoms with E-state index in [4.69, 9.17) is 9.72 Å². The molecule has 0 aromatic carbocycles. The molecule has 0 fully saturated rings. The number of hydrogen-bond acceptors (Lipinski definition) is 7. The highest BCUT2D eigenvalue weighted by atomic mass is 16.5. The van der Waals surface area contributed by atoms with Gasteiger partial charge in [-0.1, -0.05) is 12.1 Å². The van der Waals surface area contributed by atoms with Gasteiger partial charge in [-0.3, -0.25) is 9.78 Å². The molecule has 30 heavy (non-hydrogen) atoms.